The third kappa shape index (κ3) is 2.67. The molecule has 6 heteroatoms. The summed E-state index contributed by atoms with van der Waals surface area (Å²) in [6, 6.07) is 7.25. The lowest BCUT2D eigenvalue weighted by atomic mass is 9.85. The summed E-state index contributed by atoms with van der Waals surface area (Å²) in [5.74, 6) is 0.234. The number of hydrogen-bond acceptors (Lipinski definition) is 5. The summed E-state index contributed by atoms with van der Waals surface area (Å²) in [4.78, 5) is 22.2. The van der Waals surface area contributed by atoms with Crippen molar-refractivity contribution in [1.29, 1.82) is 0 Å². The second-order valence-corrected chi connectivity index (χ2v) is 4.63. The van der Waals surface area contributed by atoms with Crippen LogP contribution in [0.2, 0.25) is 0 Å². The summed E-state index contributed by atoms with van der Waals surface area (Å²) >= 11 is 0. The lowest BCUT2D eigenvalue weighted by Crippen LogP contribution is -2.49. The quantitative estimate of drug-likeness (QED) is 0.469. The van der Waals surface area contributed by atoms with Gasteiger partial charge in [-0.2, -0.15) is 0 Å². The summed E-state index contributed by atoms with van der Waals surface area (Å²) in [6.45, 7) is -0.0198. The fourth-order valence-electron chi connectivity index (χ4n) is 2.21. The van der Waals surface area contributed by atoms with Crippen molar-refractivity contribution in [2.45, 2.75) is 24.8 Å². The highest BCUT2D eigenvalue weighted by Gasteiger charge is 2.47. The molecule has 1 aliphatic rings. The summed E-state index contributed by atoms with van der Waals surface area (Å²) in [5, 5.41) is 11.4. The number of fused-ring (bicyclic) bond motifs is 1. The number of nitro groups is 1. The van der Waals surface area contributed by atoms with E-state index < -0.39 is 11.5 Å². The van der Waals surface area contributed by atoms with Gasteiger partial charge in [-0.1, -0.05) is 18.2 Å². The van der Waals surface area contributed by atoms with E-state index in [4.69, 9.17) is 4.74 Å². The summed E-state index contributed by atoms with van der Waals surface area (Å²) in [5.41, 5.74) is -0.446. The van der Waals surface area contributed by atoms with E-state index in [9.17, 15) is 14.9 Å². The van der Waals surface area contributed by atoms with Crippen LogP contribution < -0.4 is 4.74 Å². The van der Waals surface area contributed by atoms with Crippen LogP contribution in [0, 0.1) is 10.1 Å². The number of esters is 1. The van der Waals surface area contributed by atoms with Crippen molar-refractivity contribution >= 4 is 5.97 Å². The van der Waals surface area contributed by atoms with E-state index in [-0.39, 0.29) is 30.8 Å². The molecule has 0 aliphatic carbocycles. The Labute approximate surface area is 110 Å². The molecule has 1 heterocycles. The Balaban J connectivity index is 2.19. The molecule has 1 aromatic rings. The first-order valence-corrected chi connectivity index (χ1v) is 5.99. The number of rotatable bonds is 4. The SMILES string of the molecule is COC(=O)CC[C@]1([N+](=O)[O-])COc2ccccc2C1. The second-order valence-electron chi connectivity index (χ2n) is 4.63. The molecule has 0 N–H and O–H groups in total. The third-order valence-corrected chi connectivity index (χ3v) is 3.40. The van der Waals surface area contributed by atoms with Crippen LogP contribution in [0.15, 0.2) is 24.3 Å². The highest BCUT2D eigenvalue weighted by molar-refractivity contribution is 5.69. The molecule has 0 spiro atoms. The van der Waals surface area contributed by atoms with Crippen molar-refractivity contribution in [3.8, 4) is 5.75 Å². The van der Waals surface area contributed by atoms with Gasteiger partial charge in [0.1, 0.15) is 5.75 Å². The molecule has 0 amide bonds. The normalized spacial score (nSPS) is 21.1. The van der Waals surface area contributed by atoms with E-state index in [0.29, 0.717) is 5.75 Å². The molecule has 1 aromatic carbocycles. The fraction of sp³-hybridized carbons (Fsp3) is 0.462. The van der Waals surface area contributed by atoms with Crippen molar-refractivity contribution in [2.24, 2.45) is 0 Å². The Morgan fingerprint density at radius 1 is 1.53 bits per heavy atom. The van der Waals surface area contributed by atoms with E-state index in [1.54, 1.807) is 6.07 Å². The predicted octanol–water partition coefficient (Wildman–Crippen LogP) is 1.59. The monoisotopic (exact) mass is 265 g/mol. The van der Waals surface area contributed by atoms with Crippen LogP contribution in [-0.2, 0) is 16.0 Å². The van der Waals surface area contributed by atoms with Crippen LogP contribution in [0.25, 0.3) is 0 Å². The van der Waals surface area contributed by atoms with Gasteiger partial charge >= 0.3 is 5.97 Å². The van der Waals surface area contributed by atoms with Crippen molar-refractivity contribution in [2.75, 3.05) is 13.7 Å². The molecular weight excluding hydrogens is 250 g/mol. The molecule has 102 valence electrons. The van der Waals surface area contributed by atoms with Gasteiger partial charge in [0.15, 0.2) is 6.61 Å². The number of carbonyl (C=O) groups is 1. The summed E-state index contributed by atoms with van der Waals surface area (Å²) < 4.78 is 10.0. The van der Waals surface area contributed by atoms with Crippen LogP contribution in [0.5, 0.6) is 5.75 Å². The number of nitrogens with zero attached hydrogens (tertiary/aromatic N) is 1. The molecular formula is C13H15NO5. The molecule has 6 nitrogen and oxygen atoms in total. The third-order valence-electron chi connectivity index (χ3n) is 3.40. The molecule has 0 bridgehead atoms. The molecule has 0 saturated carbocycles. The van der Waals surface area contributed by atoms with Crippen molar-refractivity contribution in [1.82, 2.24) is 0 Å². The zero-order valence-corrected chi connectivity index (χ0v) is 10.6. The van der Waals surface area contributed by atoms with Gasteiger partial charge in [-0.25, -0.2) is 0 Å². The molecule has 0 fully saturated rings. The predicted molar refractivity (Wildman–Crippen MR) is 66.6 cm³/mol. The lowest BCUT2D eigenvalue weighted by molar-refractivity contribution is -0.574. The van der Waals surface area contributed by atoms with E-state index >= 15 is 0 Å². The van der Waals surface area contributed by atoms with Crippen molar-refractivity contribution in [3.05, 3.63) is 39.9 Å². The zero-order chi connectivity index (χ0) is 13.9. The number of para-hydroxylation sites is 1. The highest BCUT2D eigenvalue weighted by atomic mass is 16.6. The number of ether oxygens (including phenoxy) is 2. The molecule has 2 rings (SSSR count). The van der Waals surface area contributed by atoms with E-state index in [1.807, 2.05) is 18.2 Å². The van der Waals surface area contributed by atoms with Gasteiger partial charge in [0, 0.05) is 16.9 Å². The van der Waals surface area contributed by atoms with Gasteiger partial charge in [-0.3, -0.25) is 14.9 Å². The van der Waals surface area contributed by atoms with E-state index in [1.165, 1.54) is 7.11 Å². The highest BCUT2D eigenvalue weighted by Crippen LogP contribution is 2.33. The van der Waals surface area contributed by atoms with E-state index in [2.05, 4.69) is 4.74 Å². The minimum Gasteiger partial charge on any atom is -0.486 e. The Morgan fingerprint density at radius 3 is 2.95 bits per heavy atom. The molecule has 0 unspecified atom stereocenters. The lowest BCUT2D eigenvalue weighted by Gasteiger charge is -2.30. The fourth-order valence-corrected chi connectivity index (χ4v) is 2.21. The molecule has 1 atom stereocenters. The maximum absolute atomic E-state index is 11.4. The number of hydrogen-bond donors (Lipinski definition) is 0. The Bertz CT molecular complexity index is 502. The Hall–Kier alpha value is -2.11. The van der Waals surface area contributed by atoms with Crippen LogP contribution in [0.4, 0.5) is 0 Å². The average Bonchev–Trinajstić information content (AvgIpc) is 2.44. The smallest absolute Gasteiger partial charge is 0.305 e. The van der Waals surface area contributed by atoms with Crippen LogP contribution >= 0.6 is 0 Å². The van der Waals surface area contributed by atoms with E-state index in [0.717, 1.165) is 5.56 Å². The topological polar surface area (TPSA) is 78.7 Å². The van der Waals surface area contributed by atoms with Crippen LogP contribution in [0.1, 0.15) is 18.4 Å². The molecule has 0 aromatic heterocycles. The first-order valence-electron chi connectivity index (χ1n) is 5.99. The first kappa shape index (κ1) is 13.3. The molecule has 1 aliphatic heterocycles. The van der Waals surface area contributed by atoms with Crippen LogP contribution in [0.3, 0.4) is 0 Å². The minimum atomic E-state index is -1.25. The van der Waals surface area contributed by atoms with Gasteiger partial charge in [-0.15, -0.1) is 0 Å². The zero-order valence-electron chi connectivity index (χ0n) is 10.6. The Kier molecular flexibility index (Phi) is 3.69. The second kappa shape index (κ2) is 5.26. The number of benzene rings is 1. The van der Waals surface area contributed by atoms with Crippen molar-refractivity contribution in [3.63, 3.8) is 0 Å². The Morgan fingerprint density at radius 2 is 2.26 bits per heavy atom. The largest absolute Gasteiger partial charge is 0.486 e. The van der Waals surface area contributed by atoms with Gasteiger partial charge in [0.25, 0.3) is 5.54 Å². The molecule has 0 radical (unpaired) electrons. The maximum atomic E-state index is 11.4. The molecule has 0 saturated heterocycles. The van der Waals surface area contributed by atoms with Gasteiger partial charge in [0.2, 0.25) is 0 Å². The first-order chi connectivity index (χ1) is 9.07. The van der Waals surface area contributed by atoms with Gasteiger partial charge in [-0.05, 0) is 6.07 Å². The van der Waals surface area contributed by atoms with Gasteiger partial charge in [0.05, 0.1) is 20.0 Å². The summed E-state index contributed by atoms with van der Waals surface area (Å²) in [7, 11) is 1.27. The molecule has 19 heavy (non-hydrogen) atoms. The van der Waals surface area contributed by atoms with Crippen molar-refractivity contribution < 1.29 is 19.2 Å². The number of carbonyl (C=O) groups excluding carboxylic acids is 1. The summed E-state index contributed by atoms with van der Waals surface area (Å²) in [6.07, 6.45) is 0.400. The number of methoxy groups -OCH3 is 1. The average molecular weight is 265 g/mol. The minimum absolute atomic E-state index is 0.0169. The van der Waals surface area contributed by atoms with Crippen LogP contribution in [-0.4, -0.2) is 30.1 Å². The maximum Gasteiger partial charge on any atom is 0.305 e. The standard InChI is InChI=1S/C13H15NO5/c1-18-12(15)6-7-13(14(16)17)8-10-4-2-3-5-11(10)19-9-13/h2-5H,6-9H2,1H3/t13-/m1/s1. The van der Waals surface area contributed by atoms with Gasteiger partial charge < -0.3 is 9.47 Å².